The second kappa shape index (κ2) is 11.2. The van der Waals surface area contributed by atoms with E-state index >= 15 is 0 Å². The Balaban J connectivity index is 3.04. The lowest BCUT2D eigenvalue weighted by molar-refractivity contribution is -0.480. The van der Waals surface area contributed by atoms with Gasteiger partial charge in [0.1, 0.15) is 0 Å². The second-order valence-electron chi connectivity index (χ2n) is 3.87. The Morgan fingerprint density at radius 1 is 1.00 bits per heavy atom. The summed E-state index contributed by atoms with van der Waals surface area (Å²) >= 11 is 0. The predicted octanol–water partition coefficient (Wildman–Crippen LogP) is 3.96. The second-order valence-corrected chi connectivity index (χ2v) is 3.87. The summed E-state index contributed by atoms with van der Waals surface area (Å²) in [6, 6.07) is 0. The number of allylic oxidation sites excluding steroid dienone is 2. The van der Waals surface area contributed by atoms with Gasteiger partial charge in [0.25, 0.3) is 0 Å². The van der Waals surface area contributed by atoms with E-state index in [2.05, 4.69) is 19.1 Å². The molecular formula is C12H23NO2. The highest BCUT2D eigenvalue weighted by molar-refractivity contribution is 4.80. The fourth-order valence-electron chi connectivity index (χ4n) is 1.41. The van der Waals surface area contributed by atoms with Crippen molar-refractivity contribution in [3.63, 3.8) is 0 Å². The molecule has 0 unspecified atom stereocenters. The van der Waals surface area contributed by atoms with E-state index < -0.39 is 0 Å². The first-order valence-corrected chi connectivity index (χ1v) is 6.04. The molecule has 0 heterocycles. The van der Waals surface area contributed by atoms with E-state index in [1.165, 1.54) is 25.7 Å². The van der Waals surface area contributed by atoms with Crippen LogP contribution in [0, 0.1) is 10.1 Å². The van der Waals surface area contributed by atoms with E-state index in [4.69, 9.17) is 0 Å². The summed E-state index contributed by atoms with van der Waals surface area (Å²) in [6.45, 7) is 2.33. The van der Waals surface area contributed by atoms with Gasteiger partial charge in [-0.15, -0.1) is 0 Å². The molecular weight excluding hydrogens is 190 g/mol. The van der Waals surface area contributed by atoms with E-state index in [-0.39, 0.29) is 11.5 Å². The maximum Gasteiger partial charge on any atom is 0.203 e. The summed E-state index contributed by atoms with van der Waals surface area (Å²) in [4.78, 5) is 9.80. The smallest absolute Gasteiger partial charge is 0.203 e. The Morgan fingerprint density at radius 2 is 1.60 bits per heavy atom. The number of nitrogens with zero attached hydrogens (tertiary/aromatic N) is 1. The molecule has 0 radical (unpaired) electrons. The lowest BCUT2D eigenvalue weighted by Gasteiger charge is -1.96. The van der Waals surface area contributed by atoms with E-state index in [1.54, 1.807) is 0 Å². The SMILES string of the molecule is CCCC/C=C\CCCCCC[N+](=O)[O-]. The Bertz CT molecular complexity index is 178. The molecule has 0 aromatic carbocycles. The largest absolute Gasteiger partial charge is 0.265 e. The molecule has 0 bridgehead atoms. The maximum atomic E-state index is 10.0. The van der Waals surface area contributed by atoms with Crippen LogP contribution in [-0.2, 0) is 0 Å². The molecule has 0 aromatic rings. The number of nitro groups is 1. The molecule has 0 spiro atoms. The van der Waals surface area contributed by atoms with Crippen molar-refractivity contribution in [2.45, 2.75) is 58.3 Å². The van der Waals surface area contributed by atoms with Crippen LogP contribution >= 0.6 is 0 Å². The van der Waals surface area contributed by atoms with Gasteiger partial charge >= 0.3 is 0 Å². The molecule has 0 atom stereocenters. The third kappa shape index (κ3) is 13.1. The molecule has 0 aliphatic heterocycles. The van der Waals surface area contributed by atoms with Crippen LogP contribution in [0.4, 0.5) is 0 Å². The zero-order valence-corrected chi connectivity index (χ0v) is 9.78. The quantitative estimate of drug-likeness (QED) is 0.238. The summed E-state index contributed by atoms with van der Waals surface area (Å²) in [7, 11) is 0. The van der Waals surface area contributed by atoms with Crippen molar-refractivity contribution in [1.29, 1.82) is 0 Å². The highest BCUT2D eigenvalue weighted by Crippen LogP contribution is 2.04. The van der Waals surface area contributed by atoms with Gasteiger partial charge in [0, 0.05) is 11.3 Å². The van der Waals surface area contributed by atoms with E-state index in [9.17, 15) is 10.1 Å². The monoisotopic (exact) mass is 213 g/mol. The number of rotatable bonds is 10. The zero-order chi connectivity index (χ0) is 11.4. The third-order valence-electron chi connectivity index (χ3n) is 2.35. The fourth-order valence-corrected chi connectivity index (χ4v) is 1.41. The van der Waals surface area contributed by atoms with Gasteiger partial charge in [-0.2, -0.15) is 0 Å². The third-order valence-corrected chi connectivity index (χ3v) is 2.35. The van der Waals surface area contributed by atoms with Gasteiger partial charge in [-0.05, 0) is 25.7 Å². The summed E-state index contributed by atoms with van der Waals surface area (Å²) in [5, 5.41) is 10.0. The summed E-state index contributed by atoms with van der Waals surface area (Å²) in [5.41, 5.74) is 0. The minimum atomic E-state index is -0.231. The molecule has 3 nitrogen and oxygen atoms in total. The van der Waals surface area contributed by atoms with Gasteiger partial charge in [-0.1, -0.05) is 38.3 Å². The summed E-state index contributed by atoms with van der Waals surface area (Å²) in [6.07, 6.45) is 13.3. The summed E-state index contributed by atoms with van der Waals surface area (Å²) in [5.74, 6) is 0. The average molecular weight is 213 g/mol. The molecule has 0 rings (SSSR count). The van der Waals surface area contributed by atoms with Crippen LogP contribution in [0.15, 0.2) is 12.2 Å². The van der Waals surface area contributed by atoms with Gasteiger partial charge in [0.2, 0.25) is 6.54 Å². The molecule has 0 saturated heterocycles. The standard InChI is InChI=1S/C12H23NO2/c1-2-3-4-5-6-7-8-9-10-11-12-13(14)15/h5-6H,2-4,7-12H2,1H3/b6-5-. The molecule has 0 aliphatic carbocycles. The van der Waals surface area contributed by atoms with E-state index in [0.29, 0.717) is 0 Å². The molecule has 0 saturated carbocycles. The topological polar surface area (TPSA) is 43.1 Å². The van der Waals surface area contributed by atoms with Crippen LogP contribution in [0.5, 0.6) is 0 Å². The molecule has 88 valence electrons. The number of hydrogen-bond acceptors (Lipinski definition) is 2. The Kier molecular flexibility index (Phi) is 10.6. The Morgan fingerprint density at radius 3 is 2.20 bits per heavy atom. The van der Waals surface area contributed by atoms with Crippen molar-refractivity contribution in [3.05, 3.63) is 22.3 Å². The highest BCUT2D eigenvalue weighted by atomic mass is 16.6. The molecule has 0 aliphatic rings. The Labute approximate surface area is 92.7 Å². The first-order chi connectivity index (χ1) is 7.27. The van der Waals surface area contributed by atoms with Crippen LogP contribution < -0.4 is 0 Å². The van der Waals surface area contributed by atoms with Crippen molar-refractivity contribution in [1.82, 2.24) is 0 Å². The lowest BCUT2D eigenvalue weighted by atomic mass is 10.1. The molecule has 15 heavy (non-hydrogen) atoms. The normalized spacial score (nSPS) is 11.0. The van der Waals surface area contributed by atoms with Crippen molar-refractivity contribution in [2.24, 2.45) is 0 Å². The van der Waals surface area contributed by atoms with Crippen molar-refractivity contribution < 1.29 is 4.92 Å². The molecule has 0 fully saturated rings. The van der Waals surface area contributed by atoms with Crippen LogP contribution in [0.3, 0.4) is 0 Å². The maximum absolute atomic E-state index is 10.0. The van der Waals surface area contributed by atoms with Gasteiger partial charge in [0.15, 0.2) is 0 Å². The number of hydrogen-bond donors (Lipinski definition) is 0. The first-order valence-electron chi connectivity index (χ1n) is 6.04. The summed E-state index contributed by atoms with van der Waals surface area (Å²) < 4.78 is 0. The average Bonchev–Trinajstić information content (AvgIpc) is 2.20. The molecule has 0 N–H and O–H groups in total. The van der Waals surface area contributed by atoms with Crippen molar-refractivity contribution >= 4 is 0 Å². The van der Waals surface area contributed by atoms with Crippen LogP contribution in [0.25, 0.3) is 0 Å². The predicted molar refractivity (Wildman–Crippen MR) is 63.6 cm³/mol. The van der Waals surface area contributed by atoms with Crippen molar-refractivity contribution in [3.8, 4) is 0 Å². The first kappa shape index (κ1) is 14.1. The molecule has 3 heteroatoms. The zero-order valence-electron chi connectivity index (χ0n) is 9.78. The minimum absolute atomic E-state index is 0.131. The minimum Gasteiger partial charge on any atom is -0.265 e. The fraction of sp³-hybridized carbons (Fsp3) is 0.833. The number of unbranched alkanes of at least 4 members (excludes halogenated alkanes) is 6. The van der Waals surface area contributed by atoms with Crippen LogP contribution in [-0.4, -0.2) is 11.5 Å². The lowest BCUT2D eigenvalue weighted by Crippen LogP contribution is -1.99. The highest BCUT2D eigenvalue weighted by Gasteiger charge is 1.95. The van der Waals surface area contributed by atoms with Gasteiger partial charge in [0.05, 0.1) is 0 Å². The van der Waals surface area contributed by atoms with Crippen molar-refractivity contribution in [2.75, 3.05) is 6.54 Å². The van der Waals surface area contributed by atoms with E-state index in [0.717, 1.165) is 25.7 Å². The van der Waals surface area contributed by atoms with Gasteiger partial charge in [-0.25, -0.2) is 0 Å². The van der Waals surface area contributed by atoms with Crippen LogP contribution in [0.1, 0.15) is 58.3 Å². The Hall–Kier alpha value is -0.860. The van der Waals surface area contributed by atoms with E-state index in [1.807, 2.05) is 0 Å². The van der Waals surface area contributed by atoms with Gasteiger partial charge in [-0.3, -0.25) is 10.1 Å². The van der Waals surface area contributed by atoms with Crippen LogP contribution in [0.2, 0.25) is 0 Å². The molecule has 0 aromatic heterocycles. The van der Waals surface area contributed by atoms with Gasteiger partial charge < -0.3 is 0 Å². The molecule has 0 amide bonds.